The minimum Gasteiger partial charge on any atom is -0.482 e. The first-order valence-electron chi connectivity index (χ1n) is 9.33. The molecular formula is C23H23NO5S. The number of allylic oxidation sites excluding steroid dienone is 2. The van der Waals surface area contributed by atoms with Crippen LogP contribution in [0.4, 0.5) is 0 Å². The van der Waals surface area contributed by atoms with Gasteiger partial charge in [-0.25, -0.2) is 9.59 Å². The van der Waals surface area contributed by atoms with Gasteiger partial charge in [0.2, 0.25) is 0 Å². The Labute approximate surface area is 179 Å². The van der Waals surface area contributed by atoms with Crippen LogP contribution < -0.4 is 10.1 Å². The maximum Gasteiger partial charge on any atom is 0.336 e. The Kier molecular flexibility index (Phi) is 6.84. The third-order valence-electron chi connectivity index (χ3n) is 4.81. The molecule has 2 aromatic carbocycles. The molecule has 0 fully saturated rings. The molecule has 0 radical (unpaired) electrons. The van der Waals surface area contributed by atoms with Crippen molar-refractivity contribution in [3.63, 3.8) is 0 Å². The molecule has 2 aromatic rings. The normalized spacial score (nSPS) is 16.2. The molecule has 2 N–H and O–H groups in total. The van der Waals surface area contributed by atoms with Gasteiger partial charge >= 0.3 is 11.9 Å². The molecule has 0 bridgehead atoms. The summed E-state index contributed by atoms with van der Waals surface area (Å²) in [5.41, 5.74) is 1.98. The smallest absolute Gasteiger partial charge is 0.336 e. The van der Waals surface area contributed by atoms with E-state index in [9.17, 15) is 14.7 Å². The van der Waals surface area contributed by atoms with E-state index in [0.717, 1.165) is 4.90 Å². The van der Waals surface area contributed by atoms with Crippen molar-refractivity contribution < 1.29 is 24.2 Å². The van der Waals surface area contributed by atoms with Gasteiger partial charge in [0.15, 0.2) is 0 Å². The lowest BCUT2D eigenvalue weighted by Gasteiger charge is -2.30. The number of carbonyl (C=O) groups is 2. The molecule has 6 nitrogen and oxygen atoms in total. The molecule has 3 rings (SSSR count). The molecule has 0 saturated carbocycles. The van der Waals surface area contributed by atoms with Crippen LogP contribution in [-0.4, -0.2) is 30.1 Å². The molecule has 1 aliphatic heterocycles. The van der Waals surface area contributed by atoms with Gasteiger partial charge in [-0.05, 0) is 32.0 Å². The van der Waals surface area contributed by atoms with Crippen molar-refractivity contribution in [3.8, 4) is 5.75 Å². The average molecular weight is 426 g/mol. The van der Waals surface area contributed by atoms with Gasteiger partial charge in [-0.15, -0.1) is 0 Å². The first kappa shape index (κ1) is 21.5. The third-order valence-corrected chi connectivity index (χ3v) is 5.65. The highest BCUT2D eigenvalue weighted by Gasteiger charge is 2.38. The highest BCUT2D eigenvalue weighted by atomic mass is 32.2. The van der Waals surface area contributed by atoms with Crippen molar-refractivity contribution in [1.82, 2.24) is 5.32 Å². The lowest BCUT2D eigenvalue weighted by atomic mass is 9.80. The van der Waals surface area contributed by atoms with Gasteiger partial charge in [0.05, 0.1) is 24.2 Å². The minimum atomic E-state index is -1.10. The van der Waals surface area contributed by atoms with Crippen LogP contribution >= 0.6 is 11.8 Å². The van der Waals surface area contributed by atoms with Crippen LogP contribution in [0.1, 0.15) is 25.3 Å². The predicted molar refractivity (Wildman–Crippen MR) is 115 cm³/mol. The second kappa shape index (κ2) is 9.54. The third kappa shape index (κ3) is 4.52. The van der Waals surface area contributed by atoms with E-state index in [1.54, 1.807) is 32.0 Å². The second-order valence-electron chi connectivity index (χ2n) is 6.69. The zero-order chi connectivity index (χ0) is 21.7. The number of methoxy groups -OCH3 is 1. The van der Waals surface area contributed by atoms with E-state index < -0.39 is 17.9 Å². The number of esters is 1. The Morgan fingerprint density at radius 1 is 1.00 bits per heavy atom. The molecule has 156 valence electrons. The summed E-state index contributed by atoms with van der Waals surface area (Å²) < 4.78 is 11.0. The maximum atomic E-state index is 12.6. The SMILES string of the molecule is COC(=O)C1=C(C)NC(C)=C(C(=O)O)C1c1ccccc1OCSc1ccccc1. The maximum absolute atomic E-state index is 12.6. The standard InChI is InChI=1S/C23H23NO5S/c1-14-19(22(25)26)21(20(15(2)24-14)23(27)28-3)17-11-7-8-12-18(17)29-13-30-16-9-5-4-6-10-16/h4-12,21,24H,13H2,1-3H3,(H,25,26). The van der Waals surface area contributed by atoms with E-state index in [-0.39, 0.29) is 11.1 Å². The van der Waals surface area contributed by atoms with Crippen molar-refractivity contribution in [3.05, 3.63) is 82.7 Å². The van der Waals surface area contributed by atoms with E-state index in [2.05, 4.69) is 5.32 Å². The largest absolute Gasteiger partial charge is 0.482 e. The highest BCUT2D eigenvalue weighted by Crippen LogP contribution is 2.42. The minimum absolute atomic E-state index is 0.0905. The van der Waals surface area contributed by atoms with Crippen molar-refractivity contribution >= 4 is 23.7 Å². The summed E-state index contributed by atoms with van der Waals surface area (Å²) >= 11 is 1.52. The fourth-order valence-corrected chi connectivity index (χ4v) is 4.17. The summed E-state index contributed by atoms with van der Waals surface area (Å²) in [6.07, 6.45) is 0. The first-order valence-corrected chi connectivity index (χ1v) is 10.3. The number of hydrogen-bond donors (Lipinski definition) is 2. The number of benzene rings is 2. The average Bonchev–Trinajstić information content (AvgIpc) is 2.73. The topological polar surface area (TPSA) is 84.9 Å². The van der Waals surface area contributed by atoms with Gasteiger partial charge in [0.1, 0.15) is 11.7 Å². The van der Waals surface area contributed by atoms with E-state index in [1.165, 1.54) is 18.9 Å². The zero-order valence-electron chi connectivity index (χ0n) is 17.0. The fraction of sp³-hybridized carbons (Fsp3) is 0.217. The quantitative estimate of drug-likeness (QED) is 0.388. The van der Waals surface area contributed by atoms with E-state index in [4.69, 9.17) is 9.47 Å². The van der Waals surface area contributed by atoms with Gasteiger partial charge < -0.3 is 19.9 Å². The number of hydrogen-bond acceptors (Lipinski definition) is 6. The molecule has 0 amide bonds. The molecule has 30 heavy (non-hydrogen) atoms. The summed E-state index contributed by atoms with van der Waals surface area (Å²) in [7, 11) is 1.28. The number of thioether (sulfide) groups is 1. The van der Waals surface area contributed by atoms with Gasteiger partial charge in [-0.3, -0.25) is 0 Å². The molecule has 1 heterocycles. The van der Waals surface area contributed by atoms with E-state index >= 15 is 0 Å². The van der Waals surface area contributed by atoms with E-state index in [1.807, 2.05) is 36.4 Å². The van der Waals surface area contributed by atoms with Crippen LogP contribution in [0.5, 0.6) is 5.75 Å². The number of carbonyl (C=O) groups excluding carboxylic acids is 1. The summed E-state index contributed by atoms with van der Waals surface area (Å²) in [6, 6.07) is 17.0. The van der Waals surface area contributed by atoms with Crippen LogP contribution in [0.15, 0.2) is 82.0 Å². The number of dihydropyridines is 1. The summed E-state index contributed by atoms with van der Waals surface area (Å²) in [5.74, 6) is -1.63. The molecule has 0 aromatic heterocycles. The zero-order valence-corrected chi connectivity index (χ0v) is 17.8. The molecule has 0 spiro atoms. The van der Waals surface area contributed by atoms with Crippen LogP contribution in [0.25, 0.3) is 0 Å². The molecular weight excluding hydrogens is 402 g/mol. The Morgan fingerprint density at radius 2 is 1.63 bits per heavy atom. The summed E-state index contributed by atoms with van der Waals surface area (Å²) in [6.45, 7) is 3.42. The van der Waals surface area contributed by atoms with Crippen LogP contribution in [0.3, 0.4) is 0 Å². The Hall–Kier alpha value is -3.19. The Balaban J connectivity index is 1.99. The number of para-hydroxylation sites is 1. The lowest BCUT2D eigenvalue weighted by molar-refractivity contribution is -0.136. The fourth-order valence-electron chi connectivity index (χ4n) is 3.50. The van der Waals surface area contributed by atoms with Gasteiger partial charge in [-0.1, -0.05) is 48.2 Å². The molecule has 1 aliphatic rings. The first-order chi connectivity index (χ1) is 14.4. The Morgan fingerprint density at radius 3 is 2.30 bits per heavy atom. The van der Waals surface area contributed by atoms with Crippen molar-refractivity contribution in [2.45, 2.75) is 24.7 Å². The monoisotopic (exact) mass is 425 g/mol. The lowest BCUT2D eigenvalue weighted by Crippen LogP contribution is -2.31. The van der Waals surface area contributed by atoms with Crippen molar-refractivity contribution in [1.29, 1.82) is 0 Å². The second-order valence-corrected chi connectivity index (χ2v) is 7.69. The summed E-state index contributed by atoms with van der Waals surface area (Å²) in [5, 5.41) is 12.9. The van der Waals surface area contributed by atoms with Crippen molar-refractivity contribution in [2.75, 3.05) is 13.0 Å². The number of nitrogens with one attached hydrogen (secondary N) is 1. The molecule has 0 saturated heterocycles. The predicted octanol–water partition coefficient (Wildman–Crippen LogP) is 4.31. The number of aliphatic carboxylic acids is 1. The molecule has 1 atom stereocenters. The van der Waals surface area contributed by atoms with Crippen LogP contribution in [0.2, 0.25) is 0 Å². The van der Waals surface area contributed by atoms with E-state index in [0.29, 0.717) is 28.6 Å². The highest BCUT2D eigenvalue weighted by molar-refractivity contribution is 7.99. The Bertz CT molecular complexity index is 1010. The van der Waals surface area contributed by atoms with Crippen molar-refractivity contribution in [2.24, 2.45) is 0 Å². The number of carboxylic acids is 1. The number of ether oxygens (including phenoxy) is 2. The van der Waals surface area contributed by atoms with Gasteiger partial charge in [0, 0.05) is 21.9 Å². The van der Waals surface area contributed by atoms with Gasteiger partial charge in [-0.2, -0.15) is 0 Å². The summed E-state index contributed by atoms with van der Waals surface area (Å²) in [4.78, 5) is 25.7. The number of rotatable bonds is 7. The molecule has 1 unspecified atom stereocenters. The van der Waals surface area contributed by atoms with Crippen LogP contribution in [-0.2, 0) is 14.3 Å². The van der Waals surface area contributed by atoms with Crippen LogP contribution in [0, 0.1) is 0 Å². The number of carboxylic acid groups (broad SMARTS) is 1. The molecule has 7 heteroatoms. The molecule has 0 aliphatic carbocycles. The van der Waals surface area contributed by atoms with Gasteiger partial charge in [0.25, 0.3) is 0 Å².